The molecule has 1 aromatic carbocycles. The van der Waals surface area contributed by atoms with Crippen molar-refractivity contribution < 1.29 is 4.79 Å². The predicted molar refractivity (Wildman–Crippen MR) is 125 cm³/mol. The summed E-state index contributed by atoms with van der Waals surface area (Å²) in [6.07, 6.45) is 3.94. The topological polar surface area (TPSA) is 57.3 Å². The predicted octanol–water partition coefficient (Wildman–Crippen LogP) is 3.65. The summed E-state index contributed by atoms with van der Waals surface area (Å²) in [5, 5.41) is 6.64. The first kappa shape index (κ1) is 20.7. The number of thiol groups is 1. The van der Waals surface area contributed by atoms with Gasteiger partial charge in [0.15, 0.2) is 0 Å². The molecule has 2 N–H and O–H groups in total. The summed E-state index contributed by atoms with van der Waals surface area (Å²) in [6, 6.07) is 10.3. The fourth-order valence-corrected chi connectivity index (χ4v) is 4.50. The van der Waals surface area contributed by atoms with Gasteiger partial charge < -0.3 is 15.5 Å². The molecule has 1 amide bonds. The van der Waals surface area contributed by atoms with Crippen LogP contribution in [0.4, 0.5) is 5.82 Å². The first-order valence-electron chi connectivity index (χ1n) is 10.2. The van der Waals surface area contributed by atoms with Gasteiger partial charge in [0, 0.05) is 41.2 Å². The van der Waals surface area contributed by atoms with Crippen molar-refractivity contribution in [1.29, 1.82) is 0 Å². The molecule has 0 bridgehead atoms. The average molecular weight is 421 g/mol. The Hall–Kier alpha value is -2.57. The van der Waals surface area contributed by atoms with Crippen LogP contribution >= 0.6 is 12.6 Å². The Bertz CT molecular complexity index is 1060. The first-order chi connectivity index (χ1) is 14.3. The summed E-state index contributed by atoms with van der Waals surface area (Å²) in [5.41, 5.74) is 6.29. The molecule has 30 heavy (non-hydrogen) atoms. The van der Waals surface area contributed by atoms with Gasteiger partial charge in [-0.05, 0) is 68.4 Å². The molecule has 1 aliphatic carbocycles. The third-order valence-electron chi connectivity index (χ3n) is 5.81. The third kappa shape index (κ3) is 3.89. The van der Waals surface area contributed by atoms with E-state index in [4.69, 9.17) is 0 Å². The molecule has 2 aliphatic rings. The monoisotopic (exact) mass is 420 g/mol. The lowest BCUT2D eigenvalue weighted by Gasteiger charge is -2.30. The first-order valence-corrected chi connectivity index (χ1v) is 10.7. The molecular formula is C24H28N4OS. The smallest absolute Gasteiger partial charge is 0.251 e. The average Bonchev–Trinajstić information content (AvgIpc) is 3.07. The van der Waals surface area contributed by atoms with Crippen LogP contribution in [0.25, 0.3) is 5.57 Å². The molecular weight excluding hydrogens is 392 g/mol. The largest absolute Gasteiger partial charge is 0.362 e. The number of hydrogen-bond acceptors (Lipinski definition) is 5. The number of benzene rings is 1. The zero-order valence-electron chi connectivity index (χ0n) is 17.9. The van der Waals surface area contributed by atoms with Crippen molar-refractivity contribution in [2.45, 2.75) is 30.7 Å². The second kappa shape index (κ2) is 8.28. The molecule has 2 heterocycles. The second-order valence-corrected chi connectivity index (χ2v) is 8.87. The van der Waals surface area contributed by atoms with Crippen molar-refractivity contribution in [2.24, 2.45) is 0 Å². The van der Waals surface area contributed by atoms with E-state index >= 15 is 0 Å². The van der Waals surface area contributed by atoms with Gasteiger partial charge >= 0.3 is 0 Å². The van der Waals surface area contributed by atoms with E-state index in [0.717, 1.165) is 45.1 Å². The molecule has 5 nitrogen and oxygen atoms in total. The molecule has 0 fully saturated rings. The van der Waals surface area contributed by atoms with Gasteiger partial charge in [-0.3, -0.25) is 4.79 Å². The molecule has 2 atom stereocenters. The van der Waals surface area contributed by atoms with Gasteiger partial charge in [-0.2, -0.15) is 0 Å². The van der Waals surface area contributed by atoms with Gasteiger partial charge in [-0.25, -0.2) is 4.98 Å². The zero-order chi connectivity index (χ0) is 21.4. The van der Waals surface area contributed by atoms with E-state index in [1.807, 2.05) is 39.3 Å². The number of aromatic nitrogens is 1. The molecule has 0 spiro atoms. The maximum Gasteiger partial charge on any atom is 0.251 e. The van der Waals surface area contributed by atoms with Gasteiger partial charge in [0.1, 0.15) is 5.82 Å². The van der Waals surface area contributed by atoms with Crippen molar-refractivity contribution in [3.05, 3.63) is 70.4 Å². The number of aryl methyl sites for hydroxylation is 1. The Morgan fingerprint density at radius 1 is 1.27 bits per heavy atom. The van der Waals surface area contributed by atoms with E-state index in [2.05, 4.69) is 64.3 Å². The standard InChI is InChI=1S/C24H28N4OS/c1-14-10-20-21-19(16-6-5-7-17(30)11-16)12-18(24(29)25-8-9-28(3)4)15(2)22(21)27-23(20)26-13-14/h5-7,10-13,21-22,30H,8-9H2,1-4H3,(H,25,29)(H,26,27). The maximum atomic E-state index is 13.1. The number of rotatable bonds is 5. The number of nitrogens with one attached hydrogen (secondary N) is 2. The Kier molecular flexibility index (Phi) is 5.71. The van der Waals surface area contributed by atoms with Gasteiger partial charge in [0.25, 0.3) is 5.91 Å². The Morgan fingerprint density at radius 3 is 2.80 bits per heavy atom. The zero-order valence-corrected chi connectivity index (χ0v) is 18.8. The number of carbonyl (C=O) groups excluding carboxylic acids is 1. The number of likely N-dealkylation sites (N-methyl/N-ethyl adjacent to an activating group) is 1. The van der Waals surface area contributed by atoms with Crippen LogP contribution in [0.15, 0.2) is 58.6 Å². The van der Waals surface area contributed by atoms with E-state index in [-0.39, 0.29) is 17.9 Å². The van der Waals surface area contributed by atoms with E-state index in [0.29, 0.717) is 6.54 Å². The Labute approximate surface area is 183 Å². The summed E-state index contributed by atoms with van der Waals surface area (Å²) in [4.78, 5) is 20.6. The number of hydrogen-bond donors (Lipinski definition) is 3. The summed E-state index contributed by atoms with van der Waals surface area (Å²) >= 11 is 4.54. The lowest BCUT2D eigenvalue weighted by molar-refractivity contribution is -0.117. The molecule has 2 aromatic rings. The van der Waals surface area contributed by atoms with Crippen LogP contribution < -0.4 is 10.6 Å². The number of carbonyl (C=O) groups is 1. The van der Waals surface area contributed by atoms with Crippen molar-refractivity contribution >= 4 is 29.9 Å². The molecule has 6 heteroatoms. The fraction of sp³-hybridized carbons (Fsp3) is 0.333. The van der Waals surface area contributed by atoms with E-state index in [1.54, 1.807) is 0 Å². The minimum atomic E-state index is -0.0331. The number of fused-ring (bicyclic) bond motifs is 3. The number of pyridine rings is 1. The molecule has 4 rings (SSSR count). The van der Waals surface area contributed by atoms with Gasteiger partial charge in [0.05, 0.1) is 6.04 Å². The number of amides is 1. The molecule has 0 saturated heterocycles. The van der Waals surface area contributed by atoms with Gasteiger partial charge in [-0.15, -0.1) is 12.6 Å². The SMILES string of the molecule is CC1=C(C(=O)NCCN(C)C)C=C(c2cccc(S)c2)C2c3cc(C)cnc3NC12. The van der Waals surface area contributed by atoms with Crippen molar-refractivity contribution in [3.63, 3.8) is 0 Å². The minimum absolute atomic E-state index is 0.00692. The van der Waals surface area contributed by atoms with E-state index in [1.165, 1.54) is 5.56 Å². The number of anilines is 1. The summed E-state index contributed by atoms with van der Waals surface area (Å²) in [7, 11) is 4.00. The lowest BCUT2D eigenvalue weighted by atomic mass is 9.75. The normalized spacial score (nSPS) is 19.9. The molecule has 1 aromatic heterocycles. The van der Waals surface area contributed by atoms with Gasteiger partial charge in [-0.1, -0.05) is 18.2 Å². The highest BCUT2D eigenvalue weighted by molar-refractivity contribution is 7.80. The van der Waals surface area contributed by atoms with Crippen LogP contribution in [0, 0.1) is 6.92 Å². The second-order valence-electron chi connectivity index (χ2n) is 8.36. The van der Waals surface area contributed by atoms with E-state index in [9.17, 15) is 4.79 Å². The maximum absolute atomic E-state index is 13.1. The van der Waals surface area contributed by atoms with Crippen LogP contribution in [0.5, 0.6) is 0 Å². The van der Waals surface area contributed by atoms with Crippen LogP contribution in [-0.2, 0) is 4.79 Å². The van der Waals surface area contributed by atoms with Crippen molar-refractivity contribution in [2.75, 3.05) is 32.5 Å². The molecule has 0 radical (unpaired) electrons. The third-order valence-corrected chi connectivity index (χ3v) is 6.09. The Balaban J connectivity index is 1.78. The van der Waals surface area contributed by atoms with Crippen LogP contribution in [0.2, 0.25) is 0 Å². The van der Waals surface area contributed by atoms with Gasteiger partial charge in [0.2, 0.25) is 0 Å². The summed E-state index contributed by atoms with van der Waals surface area (Å²) in [6.45, 7) is 5.52. The lowest BCUT2D eigenvalue weighted by Crippen LogP contribution is -2.35. The fourth-order valence-electron chi connectivity index (χ4n) is 4.27. The minimum Gasteiger partial charge on any atom is -0.362 e. The highest BCUT2D eigenvalue weighted by atomic mass is 32.1. The van der Waals surface area contributed by atoms with Crippen molar-refractivity contribution in [1.82, 2.24) is 15.2 Å². The molecule has 2 unspecified atom stereocenters. The highest BCUT2D eigenvalue weighted by Crippen LogP contribution is 2.49. The molecule has 156 valence electrons. The highest BCUT2D eigenvalue weighted by Gasteiger charge is 2.41. The van der Waals surface area contributed by atoms with Crippen LogP contribution in [0.3, 0.4) is 0 Å². The molecule has 1 aliphatic heterocycles. The molecule has 0 saturated carbocycles. The summed E-state index contributed by atoms with van der Waals surface area (Å²) in [5.74, 6) is 0.979. The van der Waals surface area contributed by atoms with Crippen molar-refractivity contribution in [3.8, 4) is 0 Å². The summed E-state index contributed by atoms with van der Waals surface area (Å²) < 4.78 is 0. The number of nitrogens with zero attached hydrogens (tertiary/aromatic N) is 2. The Morgan fingerprint density at radius 2 is 2.07 bits per heavy atom. The van der Waals surface area contributed by atoms with Crippen LogP contribution in [0.1, 0.15) is 29.5 Å². The van der Waals surface area contributed by atoms with E-state index < -0.39 is 0 Å². The quantitative estimate of drug-likeness (QED) is 0.647. The van der Waals surface area contributed by atoms with Crippen LogP contribution in [-0.4, -0.2) is 49.0 Å².